The van der Waals surface area contributed by atoms with Crippen LogP contribution in [0.3, 0.4) is 0 Å². The summed E-state index contributed by atoms with van der Waals surface area (Å²) in [7, 11) is 0. The molecule has 3 heterocycles. The maximum atomic E-state index is 13.1. The second-order valence-electron chi connectivity index (χ2n) is 9.66. The molecule has 0 aliphatic heterocycles. The summed E-state index contributed by atoms with van der Waals surface area (Å²) in [4.78, 5) is 22.1. The van der Waals surface area contributed by atoms with E-state index in [2.05, 4.69) is 26.7 Å². The number of nitriles is 1. The van der Waals surface area contributed by atoms with E-state index in [1.807, 2.05) is 50.6 Å². The molecule has 0 radical (unpaired) electrons. The van der Waals surface area contributed by atoms with Crippen molar-refractivity contribution in [1.29, 1.82) is 5.26 Å². The molecule has 1 amide bonds. The molecule has 4 rings (SSSR count). The van der Waals surface area contributed by atoms with Gasteiger partial charge in [0.1, 0.15) is 17.5 Å². The Hall–Kier alpha value is -3.44. The first-order valence-electron chi connectivity index (χ1n) is 11.3. The van der Waals surface area contributed by atoms with Crippen molar-refractivity contribution in [3.05, 3.63) is 47.9 Å². The molecule has 3 aromatic rings. The summed E-state index contributed by atoms with van der Waals surface area (Å²) in [6, 6.07) is 7.79. The van der Waals surface area contributed by atoms with Crippen LogP contribution in [0, 0.1) is 17.2 Å². The van der Waals surface area contributed by atoms with Gasteiger partial charge in [-0.2, -0.15) is 5.26 Å². The zero-order valence-electron chi connectivity index (χ0n) is 19.5. The second-order valence-corrected chi connectivity index (χ2v) is 9.66. The van der Waals surface area contributed by atoms with Crippen LogP contribution in [0.2, 0.25) is 0 Å². The van der Waals surface area contributed by atoms with E-state index in [1.165, 1.54) is 6.20 Å². The first-order chi connectivity index (χ1) is 15.7. The summed E-state index contributed by atoms with van der Waals surface area (Å²) < 4.78 is 1.84. The van der Waals surface area contributed by atoms with Crippen LogP contribution in [0.1, 0.15) is 62.9 Å². The van der Waals surface area contributed by atoms with Gasteiger partial charge in [0.15, 0.2) is 0 Å². The Bertz CT molecular complexity index is 1220. The van der Waals surface area contributed by atoms with Gasteiger partial charge >= 0.3 is 0 Å². The smallest absolute Gasteiger partial charge is 0.255 e. The lowest BCUT2D eigenvalue weighted by atomic mass is 9.89. The highest BCUT2D eigenvalue weighted by atomic mass is 16.3. The maximum Gasteiger partial charge on any atom is 0.255 e. The van der Waals surface area contributed by atoms with Crippen molar-refractivity contribution in [1.82, 2.24) is 19.9 Å². The first kappa shape index (κ1) is 22.7. The number of carbonyl (C=O) groups is 1. The molecule has 0 saturated heterocycles. The van der Waals surface area contributed by atoms with Gasteiger partial charge < -0.3 is 15.7 Å². The van der Waals surface area contributed by atoms with Crippen LogP contribution in [-0.4, -0.2) is 43.2 Å². The van der Waals surface area contributed by atoms with Crippen molar-refractivity contribution >= 4 is 22.6 Å². The summed E-state index contributed by atoms with van der Waals surface area (Å²) >= 11 is 0. The van der Waals surface area contributed by atoms with Crippen LogP contribution in [0.4, 0.5) is 5.69 Å². The molecule has 2 atom stereocenters. The summed E-state index contributed by atoms with van der Waals surface area (Å²) in [6.45, 7) is 7.69. The van der Waals surface area contributed by atoms with Crippen molar-refractivity contribution < 1.29 is 9.90 Å². The Morgan fingerprint density at radius 1 is 1.27 bits per heavy atom. The minimum Gasteiger partial charge on any atom is -0.390 e. The monoisotopic (exact) mass is 446 g/mol. The average molecular weight is 447 g/mol. The van der Waals surface area contributed by atoms with Crippen LogP contribution >= 0.6 is 0 Å². The highest BCUT2D eigenvalue weighted by Crippen LogP contribution is 2.34. The highest BCUT2D eigenvalue weighted by molar-refractivity contribution is 5.99. The lowest BCUT2D eigenvalue weighted by Gasteiger charge is -2.25. The van der Waals surface area contributed by atoms with Gasteiger partial charge in [-0.05, 0) is 65.0 Å². The number of amides is 1. The van der Waals surface area contributed by atoms with E-state index in [-0.39, 0.29) is 23.9 Å². The van der Waals surface area contributed by atoms with Crippen LogP contribution in [-0.2, 0) is 0 Å². The lowest BCUT2D eigenvalue weighted by Crippen LogP contribution is -2.36. The number of aliphatic hydroxyl groups is 1. The van der Waals surface area contributed by atoms with E-state index in [0.717, 1.165) is 24.6 Å². The molecule has 1 aliphatic rings. The van der Waals surface area contributed by atoms with E-state index in [0.29, 0.717) is 28.3 Å². The van der Waals surface area contributed by atoms with Crippen molar-refractivity contribution in [3.63, 3.8) is 0 Å². The van der Waals surface area contributed by atoms with E-state index >= 15 is 0 Å². The molecular formula is C25H30N6O2. The molecule has 1 aliphatic carbocycles. The minimum atomic E-state index is -0.741. The Balaban J connectivity index is 1.61. The second kappa shape index (κ2) is 8.83. The fourth-order valence-electron chi connectivity index (χ4n) is 4.47. The molecule has 3 N–H and O–H groups in total. The van der Waals surface area contributed by atoms with E-state index < -0.39 is 5.60 Å². The standard InChI is InChI=1S/C25H30N6O2/c1-15(2)29-21-11-22(31-8-7-17-9-16(12-26)13-28-23(17)31)27-14-20(21)24(32)30-19-6-5-18(10-19)25(3,4)33/h7-9,11,13-15,18-19,33H,5-6,10H2,1-4H3,(H,27,29)(H,30,32). The van der Waals surface area contributed by atoms with Crippen LogP contribution in [0.15, 0.2) is 36.8 Å². The zero-order chi connectivity index (χ0) is 23.8. The summed E-state index contributed by atoms with van der Waals surface area (Å²) in [6.07, 6.45) is 7.49. The Kier molecular flexibility index (Phi) is 6.09. The molecule has 2 unspecified atom stereocenters. The molecule has 8 heteroatoms. The number of nitrogens with zero attached hydrogens (tertiary/aromatic N) is 4. The predicted molar refractivity (Wildman–Crippen MR) is 127 cm³/mol. The third-order valence-electron chi connectivity index (χ3n) is 6.25. The number of carbonyl (C=O) groups excluding carboxylic acids is 1. The first-order valence-corrected chi connectivity index (χ1v) is 11.3. The Morgan fingerprint density at radius 3 is 2.73 bits per heavy atom. The van der Waals surface area contributed by atoms with Gasteiger partial charge in [-0.15, -0.1) is 0 Å². The summed E-state index contributed by atoms with van der Waals surface area (Å²) in [5, 5.41) is 26.7. The Labute approximate surface area is 193 Å². The fourth-order valence-corrected chi connectivity index (χ4v) is 4.47. The van der Waals surface area contributed by atoms with Crippen molar-refractivity contribution in [2.24, 2.45) is 5.92 Å². The van der Waals surface area contributed by atoms with E-state index in [4.69, 9.17) is 5.26 Å². The normalized spacial score (nSPS) is 18.5. The van der Waals surface area contributed by atoms with Crippen molar-refractivity contribution in [3.8, 4) is 11.9 Å². The summed E-state index contributed by atoms with van der Waals surface area (Å²) in [5.74, 6) is 0.630. The van der Waals surface area contributed by atoms with Gasteiger partial charge in [0, 0.05) is 42.1 Å². The number of aromatic nitrogens is 3. The number of anilines is 1. The Morgan fingerprint density at radius 2 is 2.06 bits per heavy atom. The van der Waals surface area contributed by atoms with E-state index in [1.54, 1.807) is 12.3 Å². The molecule has 0 bridgehead atoms. The summed E-state index contributed by atoms with van der Waals surface area (Å²) in [5.41, 5.74) is 1.63. The highest BCUT2D eigenvalue weighted by Gasteiger charge is 2.35. The lowest BCUT2D eigenvalue weighted by molar-refractivity contribution is 0.0190. The molecule has 172 valence electrons. The van der Waals surface area contributed by atoms with Gasteiger partial charge in [-0.1, -0.05) is 0 Å². The number of fused-ring (bicyclic) bond motifs is 1. The number of pyridine rings is 2. The molecule has 3 aromatic heterocycles. The molecule has 1 fully saturated rings. The third-order valence-corrected chi connectivity index (χ3v) is 6.25. The molecule has 0 spiro atoms. The van der Waals surface area contributed by atoms with Crippen molar-refractivity contribution in [2.75, 3.05) is 5.32 Å². The van der Waals surface area contributed by atoms with Gasteiger partial charge in [0.2, 0.25) is 0 Å². The minimum absolute atomic E-state index is 0.0347. The number of hydrogen-bond acceptors (Lipinski definition) is 6. The van der Waals surface area contributed by atoms with Crippen LogP contribution < -0.4 is 10.6 Å². The molecular weight excluding hydrogens is 416 g/mol. The third kappa shape index (κ3) is 4.83. The topological polar surface area (TPSA) is 116 Å². The number of rotatable bonds is 6. The van der Waals surface area contributed by atoms with Gasteiger partial charge in [0.05, 0.1) is 22.4 Å². The molecule has 1 saturated carbocycles. The number of hydrogen-bond donors (Lipinski definition) is 3. The molecule has 8 nitrogen and oxygen atoms in total. The zero-order valence-corrected chi connectivity index (χ0v) is 19.5. The van der Waals surface area contributed by atoms with Gasteiger partial charge in [0.25, 0.3) is 5.91 Å². The van der Waals surface area contributed by atoms with Crippen LogP contribution in [0.25, 0.3) is 16.9 Å². The average Bonchev–Trinajstić information content (AvgIpc) is 3.39. The van der Waals surface area contributed by atoms with Crippen LogP contribution in [0.5, 0.6) is 0 Å². The largest absolute Gasteiger partial charge is 0.390 e. The maximum absolute atomic E-state index is 13.1. The molecule has 0 aromatic carbocycles. The van der Waals surface area contributed by atoms with Crippen molar-refractivity contribution in [2.45, 2.75) is 64.6 Å². The fraction of sp³-hybridized carbons (Fsp3) is 0.440. The quantitative estimate of drug-likeness (QED) is 0.531. The molecule has 33 heavy (non-hydrogen) atoms. The van der Waals surface area contributed by atoms with Gasteiger partial charge in [-0.25, -0.2) is 9.97 Å². The SMILES string of the molecule is CC(C)Nc1cc(-n2ccc3cc(C#N)cnc32)ncc1C(=O)NC1CCC(C(C)(C)O)C1. The van der Waals surface area contributed by atoms with E-state index in [9.17, 15) is 9.90 Å². The number of nitrogens with one attached hydrogen (secondary N) is 2. The predicted octanol–water partition coefficient (Wildman–Crippen LogP) is 3.78. The van der Waals surface area contributed by atoms with Gasteiger partial charge in [-0.3, -0.25) is 9.36 Å².